The van der Waals surface area contributed by atoms with Crippen LogP contribution in [0.2, 0.25) is 0 Å². The lowest BCUT2D eigenvalue weighted by atomic mass is 10.2. The van der Waals surface area contributed by atoms with E-state index in [1.54, 1.807) is 0 Å². The summed E-state index contributed by atoms with van der Waals surface area (Å²) in [7, 11) is -2.62. The average molecular weight is 166 g/mol. The van der Waals surface area contributed by atoms with Gasteiger partial charge in [-0.15, -0.1) is 0 Å². The van der Waals surface area contributed by atoms with Gasteiger partial charge in [-0.05, 0) is 12.8 Å². The van der Waals surface area contributed by atoms with Crippen molar-refractivity contribution in [1.29, 1.82) is 5.00 Å². The van der Waals surface area contributed by atoms with E-state index in [4.69, 9.17) is 20.5 Å². The normalized spacial score (nSPS) is 8.50. The highest BCUT2D eigenvalue weighted by Crippen LogP contribution is 1.94. The van der Waals surface area contributed by atoms with Crippen molar-refractivity contribution in [3.8, 4) is 0 Å². The van der Waals surface area contributed by atoms with Gasteiger partial charge in [0.25, 0.3) is 0 Å². The molecule has 0 rings (SSSR count). The van der Waals surface area contributed by atoms with Crippen LogP contribution in [0.1, 0.15) is 26.7 Å². The van der Waals surface area contributed by atoms with E-state index in [0.717, 1.165) is 12.8 Å². The summed E-state index contributed by atoms with van der Waals surface area (Å²) < 4.78 is 0. The Balaban J connectivity index is 0. The Kier molecular flexibility index (Phi) is 11.2. The maximum absolute atomic E-state index is 7.23. The maximum atomic E-state index is 7.23. The predicted octanol–water partition coefficient (Wildman–Crippen LogP) is 0.896. The van der Waals surface area contributed by atoms with Crippen LogP contribution in [0.15, 0.2) is 0 Å². The van der Waals surface area contributed by atoms with Crippen LogP contribution in [0.25, 0.3) is 0 Å². The second kappa shape index (κ2) is 8.89. The van der Waals surface area contributed by atoms with Crippen molar-refractivity contribution in [2.45, 2.75) is 32.7 Å². The van der Waals surface area contributed by atoms with E-state index in [9.17, 15) is 0 Å². The van der Waals surface area contributed by atoms with Crippen LogP contribution in [0, 0.1) is 5.00 Å². The third-order valence-electron chi connectivity index (χ3n) is 1.05. The molecule has 0 bridgehead atoms. The Morgan fingerprint density at radius 2 is 1.60 bits per heavy atom. The summed E-state index contributed by atoms with van der Waals surface area (Å²) in [5.74, 6) is 0. The second-order valence-electron chi connectivity index (χ2n) is 1.84. The van der Waals surface area contributed by atoms with Crippen molar-refractivity contribution in [1.82, 2.24) is 0 Å². The number of rotatable bonds is 2. The minimum absolute atomic E-state index is 0.435. The summed E-state index contributed by atoms with van der Waals surface area (Å²) in [4.78, 5) is 14.5. The molecule has 0 aromatic heterocycles. The summed E-state index contributed by atoms with van der Waals surface area (Å²) in [5, 5.41) is 7.23. The van der Waals surface area contributed by atoms with E-state index in [-0.39, 0.29) is 0 Å². The predicted molar refractivity (Wildman–Crippen MR) is 41.6 cm³/mol. The first kappa shape index (κ1) is 12.6. The maximum Gasteiger partial charge on any atom is 0.331 e. The van der Waals surface area contributed by atoms with Gasteiger partial charge in [0.1, 0.15) is 0 Å². The Morgan fingerprint density at radius 3 is 1.60 bits per heavy atom. The topological polar surface area (TPSA) is 90.3 Å². The molecule has 0 amide bonds. The monoisotopic (exact) mass is 166 g/mol. The highest BCUT2D eigenvalue weighted by atomic mass is 31.1. The zero-order chi connectivity index (χ0) is 8.57. The number of nitrogens with two attached hydrogens (primary N) is 1. The van der Waals surface area contributed by atoms with E-state index in [1.165, 1.54) is 0 Å². The molecule has 0 aliphatic carbocycles. The van der Waals surface area contributed by atoms with Gasteiger partial charge < -0.3 is 15.5 Å². The van der Waals surface area contributed by atoms with Gasteiger partial charge in [0.15, 0.2) is 0 Å². The Morgan fingerprint density at radius 1 is 1.40 bits per heavy atom. The van der Waals surface area contributed by atoms with E-state index in [0.29, 0.717) is 6.04 Å². The van der Waals surface area contributed by atoms with Crippen molar-refractivity contribution in [2.24, 2.45) is 5.73 Å². The third-order valence-corrected chi connectivity index (χ3v) is 1.05. The van der Waals surface area contributed by atoms with Crippen LogP contribution in [0.5, 0.6) is 0 Å². The fourth-order valence-electron chi connectivity index (χ4n) is 0.289. The van der Waals surface area contributed by atoms with Crippen molar-refractivity contribution in [2.75, 3.05) is 0 Å². The van der Waals surface area contributed by atoms with Gasteiger partial charge in [-0.3, -0.25) is 0 Å². The number of hydrogen-bond acceptors (Lipinski definition) is 4. The van der Waals surface area contributed by atoms with Crippen LogP contribution < -0.4 is 5.73 Å². The first-order chi connectivity index (χ1) is 4.54. The molecule has 62 valence electrons. The molecule has 0 atom stereocenters. The van der Waals surface area contributed by atoms with Gasteiger partial charge in [-0.25, -0.2) is 0 Å². The summed E-state index contributed by atoms with van der Waals surface area (Å²) in [6, 6.07) is 0.435. The lowest BCUT2D eigenvalue weighted by molar-refractivity contribution is 0.500. The number of hydrogen-bond donors (Lipinski definition) is 3. The Labute approximate surface area is 62.2 Å². The van der Waals surface area contributed by atoms with E-state index in [2.05, 4.69) is 13.8 Å². The molecule has 0 fully saturated rings. The molecule has 4 N–H and O–H groups in total. The molecule has 4 nitrogen and oxygen atoms in total. The molecule has 0 unspecified atom stereocenters. The molecule has 0 heterocycles. The van der Waals surface area contributed by atoms with Gasteiger partial charge in [0.2, 0.25) is 0 Å². The summed E-state index contributed by atoms with van der Waals surface area (Å²) in [5.41, 5.74) is 5.47. The van der Waals surface area contributed by atoms with Crippen LogP contribution >= 0.6 is 8.01 Å². The highest BCUT2D eigenvalue weighted by molar-refractivity contribution is 7.29. The molecule has 10 heavy (non-hydrogen) atoms. The largest absolute Gasteiger partial charge is 0.331 e. The lowest BCUT2D eigenvalue weighted by Gasteiger charge is -1.99. The van der Waals surface area contributed by atoms with Crippen molar-refractivity contribution < 1.29 is 9.79 Å². The molecule has 0 aromatic rings. The first-order valence-electron chi connectivity index (χ1n) is 3.16. The molecule has 0 aliphatic heterocycles. The van der Waals surface area contributed by atoms with E-state index < -0.39 is 8.01 Å². The highest BCUT2D eigenvalue weighted by Gasteiger charge is 1.88. The molecule has 0 saturated carbocycles. The standard InChI is InChI=1S/C5H13N.H2NO2P/c1-3-5(6)4-2;1-4(2)3/h5H,3-4,6H2,1-2H3;2-3H. The number of nitrogens with zero attached hydrogens (tertiary/aromatic N) is 1. The molecule has 5 heteroatoms. The fourth-order valence-corrected chi connectivity index (χ4v) is 0.289. The van der Waals surface area contributed by atoms with Crippen molar-refractivity contribution in [3.63, 3.8) is 0 Å². The van der Waals surface area contributed by atoms with Gasteiger partial charge in [-0.2, -0.15) is 5.00 Å². The van der Waals surface area contributed by atoms with Crippen LogP contribution in [-0.2, 0) is 0 Å². The second-order valence-corrected chi connectivity index (χ2v) is 2.38. The molecular weight excluding hydrogens is 151 g/mol. The summed E-state index contributed by atoms with van der Waals surface area (Å²) in [6.07, 6.45) is 2.22. The van der Waals surface area contributed by atoms with Gasteiger partial charge >= 0.3 is 8.01 Å². The van der Waals surface area contributed by atoms with E-state index >= 15 is 0 Å². The fraction of sp³-hybridized carbons (Fsp3) is 1.00. The quantitative estimate of drug-likeness (QED) is 0.531. The molecule has 0 aromatic carbocycles. The van der Waals surface area contributed by atoms with Crippen molar-refractivity contribution in [3.05, 3.63) is 0 Å². The first-order valence-corrected chi connectivity index (χ1v) is 4.36. The lowest BCUT2D eigenvalue weighted by Crippen LogP contribution is -2.16. The Bertz CT molecular complexity index is 111. The van der Waals surface area contributed by atoms with Crippen LogP contribution in [0.4, 0.5) is 0 Å². The smallest absolute Gasteiger partial charge is 0.328 e. The van der Waals surface area contributed by atoms with E-state index in [1.807, 2.05) is 0 Å². The molecule has 0 spiro atoms. The zero-order valence-corrected chi connectivity index (χ0v) is 7.25. The molecular formula is C5H15N2O2P. The van der Waals surface area contributed by atoms with Gasteiger partial charge in [0.05, 0.1) is 0 Å². The van der Waals surface area contributed by atoms with Crippen LogP contribution in [-0.4, -0.2) is 15.8 Å². The van der Waals surface area contributed by atoms with Crippen molar-refractivity contribution >= 4 is 8.01 Å². The average Bonchev–Trinajstić information content (AvgIpc) is 1.85. The molecule has 0 radical (unpaired) electrons. The van der Waals surface area contributed by atoms with Gasteiger partial charge in [0, 0.05) is 6.04 Å². The molecule has 0 aliphatic rings. The third kappa shape index (κ3) is 24.8. The summed E-state index contributed by atoms with van der Waals surface area (Å²) >= 11 is 0. The molecule has 0 saturated heterocycles. The van der Waals surface area contributed by atoms with Crippen LogP contribution in [0.3, 0.4) is 0 Å². The summed E-state index contributed by atoms with van der Waals surface area (Å²) in [6.45, 7) is 4.21. The zero-order valence-electron chi connectivity index (χ0n) is 6.36. The minimum atomic E-state index is -2.62. The minimum Gasteiger partial charge on any atom is -0.328 e. The van der Waals surface area contributed by atoms with Gasteiger partial charge in [-0.1, -0.05) is 13.8 Å². The Hall–Kier alpha value is -0.110. The SMILES string of the molecule is CCC(N)CC.N#P(O)O.